The van der Waals surface area contributed by atoms with Crippen molar-refractivity contribution in [1.29, 1.82) is 0 Å². The zero-order chi connectivity index (χ0) is 19.2. The smallest absolute Gasteiger partial charge is 0.250 e. The van der Waals surface area contributed by atoms with Crippen molar-refractivity contribution < 1.29 is 4.79 Å². The fraction of sp³-hybridized carbons (Fsp3) is 0.143. The van der Waals surface area contributed by atoms with Gasteiger partial charge in [0.05, 0.1) is 17.7 Å². The fourth-order valence-corrected chi connectivity index (χ4v) is 3.97. The average molecular weight is 442 g/mol. The van der Waals surface area contributed by atoms with E-state index in [4.69, 9.17) is 0 Å². The van der Waals surface area contributed by atoms with Gasteiger partial charge < -0.3 is 4.57 Å². The van der Waals surface area contributed by atoms with Crippen molar-refractivity contribution in [3.63, 3.8) is 0 Å². The lowest BCUT2D eigenvalue weighted by Crippen LogP contribution is -2.19. The number of hydrogen-bond donors (Lipinski definition) is 1. The van der Waals surface area contributed by atoms with Crippen LogP contribution in [0.25, 0.3) is 5.69 Å². The number of nitrogens with zero attached hydrogens (tertiary/aromatic N) is 2. The SMILES string of the molecule is Cc1cc(/C=N\NC(=O)CSc2ccccc2)c(C)n1-c1ccccc1Br. The fourth-order valence-electron chi connectivity index (χ4n) is 2.79. The molecule has 4 nitrogen and oxygen atoms in total. The quantitative estimate of drug-likeness (QED) is 0.328. The highest BCUT2D eigenvalue weighted by Crippen LogP contribution is 2.26. The molecule has 0 aliphatic heterocycles. The third-order valence-corrected chi connectivity index (χ3v) is 5.75. The first-order chi connectivity index (χ1) is 13.1. The summed E-state index contributed by atoms with van der Waals surface area (Å²) >= 11 is 5.09. The van der Waals surface area contributed by atoms with E-state index in [1.165, 1.54) is 11.8 Å². The molecule has 3 rings (SSSR count). The number of halogens is 1. The first-order valence-corrected chi connectivity index (χ1v) is 10.3. The van der Waals surface area contributed by atoms with Crippen LogP contribution in [-0.2, 0) is 4.79 Å². The zero-order valence-electron chi connectivity index (χ0n) is 15.1. The van der Waals surface area contributed by atoms with Crippen LogP contribution in [0, 0.1) is 13.8 Å². The Kier molecular flexibility index (Phi) is 6.53. The van der Waals surface area contributed by atoms with Crippen LogP contribution in [0.1, 0.15) is 17.0 Å². The molecule has 1 heterocycles. The number of benzene rings is 2. The number of hydrazone groups is 1. The summed E-state index contributed by atoms with van der Waals surface area (Å²) in [4.78, 5) is 13.0. The molecule has 1 amide bonds. The molecule has 0 saturated carbocycles. The number of aromatic nitrogens is 1. The minimum absolute atomic E-state index is 0.125. The van der Waals surface area contributed by atoms with Crippen molar-refractivity contribution in [2.75, 3.05) is 5.75 Å². The molecule has 0 aliphatic rings. The molecule has 1 aromatic heterocycles. The largest absolute Gasteiger partial charge is 0.317 e. The van der Waals surface area contributed by atoms with E-state index in [1.54, 1.807) is 6.21 Å². The Morgan fingerprint density at radius 2 is 1.85 bits per heavy atom. The van der Waals surface area contributed by atoms with Gasteiger partial charge in [-0.1, -0.05) is 30.3 Å². The number of aryl methyl sites for hydroxylation is 1. The van der Waals surface area contributed by atoms with Gasteiger partial charge in [-0.3, -0.25) is 4.79 Å². The minimum atomic E-state index is -0.125. The molecular formula is C21H20BrN3OS. The van der Waals surface area contributed by atoms with E-state index in [1.807, 2.05) is 55.5 Å². The second-order valence-corrected chi connectivity index (χ2v) is 7.91. The third kappa shape index (κ3) is 4.90. The Balaban J connectivity index is 1.65. The van der Waals surface area contributed by atoms with Crippen molar-refractivity contribution in [2.45, 2.75) is 18.7 Å². The van der Waals surface area contributed by atoms with Gasteiger partial charge in [-0.25, -0.2) is 5.43 Å². The molecule has 0 radical (unpaired) electrons. The van der Waals surface area contributed by atoms with E-state index in [9.17, 15) is 4.79 Å². The van der Waals surface area contributed by atoms with Gasteiger partial charge in [-0.2, -0.15) is 5.10 Å². The maximum Gasteiger partial charge on any atom is 0.250 e. The highest BCUT2D eigenvalue weighted by molar-refractivity contribution is 9.10. The van der Waals surface area contributed by atoms with Crippen LogP contribution in [0.15, 0.2) is 75.1 Å². The summed E-state index contributed by atoms with van der Waals surface area (Å²) in [6, 6.07) is 20.0. The minimum Gasteiger partial charge on any atom is -0.317 e. The summed E-state index contributed by atoms with van der Waals surface area (Å²) in [6.45, 7) is 4.10. The molecule has 0 aliphatic carbocycles. The van der Waals surface area contributed by atoms with Gasteiger partial charge in [-0.15, -0.1) is 11.8 Å². The molecule has 0 spiro atoms. The predicted octanol–water partition coefficient (Wildman–Crippen LogP) is 5.10. The van der Waals surface area contributed by atoms with Crippen LogP contribution in [0.4, 0.5) is 0 Å². The summed E-state index contributed by atoms with van der Waals surface area (Å²) in [5.74, 6) is 0.205. The van der Waals surface area contributed by atoms with Crippen LogP contribution in [-0.4, -0.2) is 22.4 Å². The van der Waals surface area contributed by atoms with Gasteiger partial charge in [0, 0.05) is 26.3 Å². The van der Waals surface area contributed by atoms with Gasteiger partial charge in [0.2, 0.25) is 5.91 Å². The van der Waals surface area contributed by atoms with Crippen molar-refractivity contribution in [1.82, 2.24) is 9.99 Å². The molecule has 0 atom stereocenters. The normalized spacial score (nSPS) is 11.1. The van der Waals surface area contributed by atoms with Crippen LogP contribution < -0.4 is 5.43 Å². The van der Waals surface area contributed by atoms with Crippen molar-refractivity contribution >= 4 is 39.8 Å². The number of hydrogen-bond acceptors (Lipinski definition) is 3. The third-order valence-electron chi connectivity index (χ3n) is 4.07. The molecule has 0 unspecified atom stereocenters. The van der Waals surface area contributed by atoms with Crippen molar-refractivity contribution in [3.8, 4) is 5.69 Å². The molecule has 1 N–H and O–H groups in total. The van der Waals surface area contributed by atoms with E-state index in [2.05, 4.69) is 50.1 Å². The summed E-state index contributed by atoms with van der Waals surface area (Å²) in [6.07, 6.45) is 1.70. The van der Waals surface area contributed by atoms with E-state index in [-0.39, 0.29) is 5.91 Å². The summed E-state index contributed by atoms with van der Waals surface area (Å²) in [7, 11) is 0. The summed E-state index contributed by atoms with van der Waals surface area (Å²) in [5, 5.41) is 4.12. The van der Waals surface area contributed by atoms with Crippen LogP contribution in [0.3, 0.4) is 0 Å². The Hall–Kier alpha value is -2.31. The monoisotopic (exact) mass is 441 g/mol. The second kappa shape index (κ2) is 9.06. The lowest BCUT2D eigenvalue weighted by atomic mass is 10.2. The number of para-hydroxylation sites is 1. The predicted molar refractivity (Wildman–Crippen MR) is 116 cm³/mol. The number of rotatable bonds is 6. The van der Waals surface area contributed by atoms with Gasteiger partial charge >= 0.3 is 0 Å². The maximum atomic E-state index is 12.0. The molecule has 138 valence electrons. The average Bonchev–Trinajstić information content (AvgIpc) is 2.95. The molecule has 0 saturated heterocycles. The summed E-state index contributed by atoms with van der Waals surface area (Å²) in [5.41, 5.74) is 6.82. The van der Waals surface area contributed by atoms with Crippen LogP contribution in [0.5, 0.6) is 0 Å². The second-order valence-electron chi connectivity index (χ2n) is 6.01. The highest BCUT2D eigenvalue weighted by Gasteiger charge is 2.11. The Bertz CT molecular complexity index is 967. The molecular weight excluding hydrogens is 422 g/mol. The zero-order valence-corrected chi connectivity index (χ0v) is 17.5. The van der Waals surface area contributed by atoms with E-state index >= 15 is 0 Å². The number of nitrogens with one attached hydrogen (secondary N) is 1. The molecule has 0 bridgehead atoms. The number of carbonyl (C=O) groups excluding carboxylic acids is 1. The van der Waals surface area contributed by atoms with Gasteiger partial charge in [0.1, 0.15) is 0 Å². The first kappa shape index (κ1) is 19.5. The molecule has 0 fully saturated rings. The maximum absolute atomic E-state index is 12.0. The molecule has 27 heavy (non-hydrogen) atoms. The van der Waals surface area contributed by atoms with E-state index in [0.717, 1.165) is 32.0 Å². The standard InChI is InChI=1S/C21H20BrN3OS/c1-15-12-17(16(2)25(15)20-11-7-6-10-19(20)22)13-23-24-21(26)14-27-18-8-4-3-5-9-18/h3-13H,14H2,1-2H3,(H,24,26)/b23-13-. The lowest BCUT2D eigenvalue weighted by molar-refractivity contribution is -0.118. The number of thioether (sulfide) groups is 1. The van der Waals surface area contributed by atoms with Crippen molar-refractivity contribution in [3.05, 3.63) is 82.1 Å². The van der Waals surface area contributed by atoms with Gasteiger partial charge in [-0.05, 0) is 60.1 Å². The molecule has 2 aromatic carbocycles. The topological polar surface area (TPSA) is 46.4 Å². The number of carbonyl (C=O) groups is 1. The molecule has 6 heteroatoms. The van der Waals surface area contributed by atoms with Crippen molar-refractivity contribution in [2.24, 2.45) is 5.10 Å². The molecule has 3 aromatic rings. The summed E-state index contributed by atoms with van der Waals surface area (Å²) < 4.78 is 3.19. The first-order valence-electron chi connectivity index (χ1n) is 8.50. The highest BCUT2D eigenvalue weighted by atomic mass is 79.9. The number of amides is 1. The Morgan fingerprint density at radius 3 is 2.59 bits per heavy atom. The van der Waals surface area contributed by atoms with Gasteiger partial charge in [0.15, 0.2) is 0 Å². The van der Waals surface area contributed by atoms with E-state index in [0.29, 0.717) is 5.75 Å². The Morgan fingerprint density at radius 1 is 1.15 bits per heavy atom. The van der Waals surface area contributed by atoms with Crippen LogP contribution >= 0.6 is 27.7 Å². The van der Waals surface area contributed by atoms with Gasteiger partial charge in [0.25, 0.3) is 0 Å². The Labute approximate surface area is 171 Å². The lowest BCUT2D eigenvalue weighted by Gasteiger charge is -2.11. The van der Waals surface area contributed by atoms with Crippen LogP contribution in [0.2, 0.25) is 0 Å². The van der Waals surface area contributed by atoms with E-state index < -0.39 is 0 Å².